The first-order valence-electron chi connectivity index (χ1n) is 9.23. The number of nitrogens with zero attached hydrogens (tertiary/aromatic N) is 3. The highest BCUT2D eigenvalue weighted by molar-refractivity contribution is 5.81. The number of carbonyl (C=O) groups is 1. The number of rotatable bonds is 6. The second-order valence-electron chi connectivity index (χ2n) is 6.75. The number of aliphatic hydroxyl groups excluding tert-OH is 1. The van der Waals surface area contributed by atoms with Crippen LogP contribution in [0.15, 0.2) is 42.6 Å². The molecule has 0 radical (unpaired) electrons. The van der Waals surface area contributed by atoms with Gasteiger partial charge in [0.2, 0.25) is 5.91 Å². The van der Waals surface area contributed by atoms with Crippen LogP contribution in [0.3, 0.4) is 0 Å². The monoisotopic (exact) mass is 369 g/mol. The summed E-state index contributed by atoms with van der Waals surface area (Å²) in [6, 6.07) is 11.4. The number of anilines is 2. The SMILES string of the molecule is Cc1ccccc1N1CCN(c2ncccc2CNC(=O)[C@@H](N)CO)CC1. The maximum Gasteiger partial charge on any atom is 0.239 e. The van der Waals surface area contributed by atoms with Gasteiger partial charge in [0.1, 0.15) is 11.9 Å². The van der Waals surface area contributed by atoms with E-state index in [0.717, 1.165) is 37.6 Å². The van der Waals surface area contributed by atoms with Gasteiger partial charge in [-0.15, -0.1) is 0 Å². The molecular weight excluding hydrogens is 342 g/mol. The number of amides is 1. The normalized spacial score (nSPS) is 15.5. The molecule has 2 heterocycles. The van der Waals surface area contributed by atoms with Gasteiger partial charge in [-0.05, 0) is 24.6 Å². The molecule has 0 bridgehead atoms. The molecule has 27 heavy (non-hydrogen) atoms. The molecular formula is C20H27N5O2. The fraction of sp³-hybridized carbons (Fsp3) is 0.400. The summed E-state index contributed by atoms with van der Waals surface area (Å²) in [5, 5.41) is 11.8. The minimum absolute atomic E-state index is 0.341. The number of hydrogen-bond acceptors (Lipinski definition) is 6. The summed E-state index contributed by atoms with van der Waals surface area (Å²) in [6.45, 7) is 5.68. The Labute approximate surface area is 159 Å². The third kappa shape index (κ3) is 4.56. The number of nitrogens with one attached hydrogen (secondary N) is 1. The highest BCUT2D eigenvalue weighted by Crippen LogP contribution is 2.24. The van der Waals surface area contributed by atoms with Gasteiger partial charge in [-0.25, -0.2) is 4.98 Å². The van der Waals surface area contributed by atoms with E-state index >= 15 is 0 Å². The zero-order valence-corrected chi connectivity index (χ0v) is 15.6. The van der Waals surface area contributed by atoms with Crippen LogP contribution in [0.2, 0.25) is 0 Å². The van der Waals surface area contributed by atoms with Gasteiger partial charge in [-0.2, -0.15) is 0 Å². The van der Waals surface area contributed by atoms with Crippen LogP contribution in [0.25, 0.3) is 0 Å². The Balaban J connectivity index is 1.64. The molecule has 3 rings (SSSR count). The molecule has 0 unspecified atom stereocenters. The zero-order valence-electron chi connectivity index (χ0n) is 15.6. The van der Waals surface area contributed by atoms with Crippen molar-refractivity contribution in [1.82, 2.24) is 10.3 Å². The standard InChI is InChI=1S/C20H27N5O2/c1-15-5-2-3-7-18(15)24-9-11-25(12-10-24)19-16(6-4-8-22-19)13-23-20(27)17(21)14-26/h2-8,17,26H,9-14,21H2,1H3,(H,23,27)/t17-/m0/s1. The lowest BCUT2D eigenvalue weighted by Crippen LogP contribution is -2.47. The third-order valence-corrected chi connectivity index (χ3v) is 4.89. The molecule has 7 heteroatoms. The summed E-state index contributed by atoms with van der Waals surface area (Å²) < 4.78 is 0. The highest BCUT2D eigenvalue weighted by atomic mass is 16.3. The van der Waals surface area contributed by atoms with Gasteiger partial charge in [-0.1, -0.05) is 24.3 Å². The van der Waals surface area contributed by atoms with Crippen molar-refractivity contribution in [3.63, 3.8) is 0 Å². The minimum atomic E-state index is -0.900. The van der Waals surface area contributed by atoms with Gasteiger partial charge in [0, 0.05) is 50.2 Å². The number of piperazine rings is 1. The quantitative estimate of drug-likeness (QED) is 0.692. The molecule has 1 aliphatic heterocycles. The summed E-state index contributed by atoms with van der Waals surface area (Å²) in [7, 11) is 0. The fourth-order valence-corrected chi connectivity index (χ4v) is 3.33. The number of aromatic nitrogens is 1. The van der Waals surface area contributed by atoms with Crippen molar-refractivity contribution < 1.29 is 9.90 Å². The molecule has 1 aliphatic rings. The van der Waals surface area contributed by atoms with Crippen molar-refractivity contribution in [3.8, 4) is 0 Å². The van der Waals surface area contributed by atoms with Gasteiger partial charge in [0.05, 0.1) is 6.61 Å². The minimum Gasteiger partial charge on any atom is -0.394 e. The third-order valence-electron chi connectivity index (χ3n) is 4.89. The van der Waals surface area contributed by atoms with Gasteiger partial charge >= 0.3 is 0 Å². The van der Waals surface area contributed by atoms with Gasteiger partial charge in [0.25, 0.3) is 0 Å². The first-order valence-corrected chi connectivity index (χ1v) is 9.23. The number of aliphatic hydroxyl groups is 1. The molecule has 7 nitrogen and oxygen atoms in total. The number of aryl methyl sites for hydroxylation is 1. The summed E-state index contributed by atoms with van der Waals surface area (Å²) in [5.41, 5.74) is 9.06. The second kappa shape index (κ2) is 8.83. The van der Waals surface area contributed by atoms with Crippen LogP contribution in [0, 0.1) is 6.92 Å². The number of carbonyl (C=O) groups excluding carboxylic acids is 1. The van der Waals surface area contributed by atoms with E-state index in [4.69, 9.17) is 10.8 Å². The molecule has 4 N–H and O–H groups in total. The molecule has 1 atom stereocenters. The van der Waals surface area contributed by atoms with Crippen LogP contribution in [-0.4, -0.2) is 54.8 Å². The summed E-state index contributed by atoms with van der Waals surface area (Å²) in [4.78, 5) is 21.0. The van der Waals surface area contributed by atoms with Crippen LogP contribution in [0.1, 0.15) is 11.1 Å². The number of pyridine rings is 1. The Hall–Kier alpha value is -2.64. The molecule has 0 spiro atoms. The average Bonchev–Trinajstić information content (AvgIpc) is 2.72. The Morgan fingerprint density at radius 3 is 2.59 bits per heavy atom. The highest BCUT2D eigenvalue weighted by Gasteiger charge is 2.21. The lowest BCUT2D eigenvalue weighted by atomic mass is 10.1. The van der Waals surface area contributed by atoms with E-state index in [1.165, 1.54) is 11.3 Å². The van der Waals surface area contributed by atoms with Gasteiger partial charge in [0.15, 0.2) is 0 Å². The van der Waals surface area contributed by atoms with E-state index < -0.39 is 6.04 Å². The summed E-state index contributed by atoms with van der Waals surface area (Å²) >= 11 is 0. The predicted octanol–water partition coefficient (Wildman–Crippen LogP) is 0.652. The predicted molar refractivity (Wildman–Crippen MR) is 107 cm³/mol. The fourth-order valence-electron chi connectivity index (χ4n) is 3.33. The lowest BCUT2D eigenvalue weighted by molar-refractivity contribution is -0.123. The van der Waals surface area contributed by atoms with E-state index in [1.807, 2.05) is 12.1 Å². The van der Waals surface area contributed by atoms with Crippen molar-refractivity contribution >= 4 is 17.4 Å². The zero-order chi connectivity index (χ0) is 19.2. The molecule has 1 aromatic heterocycles. The van der Waals surface area contributed by atoms with E-state index in [-0.39, 0.29) is 12.5 Å². The Kier molecular flexibility index (Phi) is 6.26. The average molecular weight is 369 g/mol. The molecule has 2 aromatic rings. The lowest BCUT2D eigenvalue weighted by Gasteiger charge is -2.38. The Bertz CT molecular complexity index is 774. The maximum absolute atomic E-state index is 11.8. The summed E-state index contributed by atoms with van der Waals surface area (Å²) in [5.74, 6) is 0.525. The van der Waals surface area contributed by atoms with E-state index in [2.05, 4.69) is 51.3 Å². The van der Waals surface area contributed by atoms with E-state index in [9.17, 15) is 4.79 Å². The number of hydrogen-bond donors (Lipinski definition) is 3. The summed E-state index contributed by atoms with van der Waals surface area (Å²) in [6.07, 6.45) is 1.77. The van der Waals surface area contributed by atoms with Crippen molar-refractivity contribution in [2.45, 2.75) is 19.5 Å². The first-order chi connectivity index (χ1) is 13.1. The Morgan fingerprint density at radius 2 is 1.89 bits per heavy atom. The number of para-hydroxylation sites is 1. The molecule has 1 aromatic carbocycles. The molecule has 0 saturated carbocycles. The van der Waals surface area contributed by atoms with Crippen molar-refractivity contribution in [2.75, 3.05) is 42.6 Å². The number of benzene rings is 1. The van der Waals surface area contributed by atoms with Crippen LogP contribution in [0.4, 0.5) is 11.5 Å². The molecule has 1 fully saturated rings. The molecule has 0 aliphatic carbocycles. The smallest absolute Gasteiger partial charge is 0.239 e. The van der Waals surface area contributed by atoms with E-state index in [1.54, 1.807) is 6.20 Å². The van der Waals surface area contributed by atoms with Crippen LogP contribution in [0.5, 0.6) is 0 Å². The van der Waals surface area contributed by atoms with Gasteiger partial charge < -0.3 is 26.0 Å². The van der Waals surface area contributed by atoms with Gasteiger partial charge in [-0.3, -0.25) is 4.79 Å². The van der Waals surface area contributed by atoms with Crippen LogP contribution in [-0.2, 0) is 11.3 Å². The molecule has 1 amide bonds. The topological polar surface area (TPSA) is 94.7 Å². The van der Waals surface area contributed by atoms with Crippen LogP contribution >= 0.6 is 0 Å². The maximum atomic E-state index is 11.8. The number of nitrogens with two attached hydrogens (primary N) is 1. The second-order valence-corrected chi connectivity index (χ2v) is 6.75. The van der Waals surface area contributed by atoms with Crippen molar-refractivity contribution in [2.24, 2.45) is 5.73 Å². The Morgan fingerprint density at radius 1 is 1.19 bits per heavy atom. The van der Waals surface area contributed by atoms with Crippen molar-refractivity contribution in [1.29, 1.82) is 0 Å². The molecule has 144 valence electrons. The molecule has 1 saturated heterocycles. The largest absolute Gasteiger partial charge is 0.394 e. The first kappa shape index (κ1) is 19.1. The van der Waals surface area contributed by atoms with E-state index in [0.29, 0.717) is 6.54 Å². The van der Waals surface area contributed by atoms with Crippen LogP contribution < -0.4 is 20.9 Å². The van der Waals surface area contributed by atoms with Crippen molar-refractivity contribution in [3.05, 3.63) is 53.7 Å².